The van der Waals surface area contributed by atoms with E-state index in [1.54, 1.807) is 23.3 Å². The van der Waals surface area contributed by atoms with E-state index in [1.165, 1.54) is 6.20 Å². The molecule has 0 radical (unpaired) electrons. The molecule has 0 aromatic carbocycles. The Kier molecular flexibility index (Phi) is 2.68. The fourth-order valence-corrected chi connectivity index (χ4v) is 1.45. The number of pyridine rings is 1. The van der Waals surface area contributed by atoms with Crippen LogP contribution in [0.5, 0.6) is 0 Å². The number of carbonyl (C=O) groups is 1. The van der Waals surface area contributed by atoms with Crippen LogP contribution in [-0.4, -0.2) is 20.7 Å². The molecule has 16 heavy (non-hydrogen) atoms. The molecule has 2 aromatic rings. The van der Waals surface area contributed by atoms with Gasteiger partial charge < -0.3 is 5.73 Å². The van der Waals surface area contributed by atoms with Crippen LogP contribution in [0.1, 0.15) is 28.9 Å². The summed E-state index contributed by atoms with van der Waals surface area (Å²) < 4.78 is 1.69. The normalized spacial score (nSPS) is 12.3. The molecule has 1 unspecified atom stereocenters. The Labute approximate surface area is 92.9 Å². The van der Waals surface area contributed by atoms with Crippen molar-refractivity contribution in [2.24, 2.45) is 5.73 Å². The lowest BCUT2D eigenvalue weighted by molar-refractivity contribution is 0.1000. The standard InChI is InChI=1S/C11H12N4O/c1-8(9-3-2-4-13-5-9)15-7-10(6-14-15)11(12)16/h2-8H,1H3,(H2,12,16). The number of carbonyl (C=O) groups excluding carboxylic acids is 1. The first-order valence-corrected chi connectivity index (χ1v) is 4.92. The number of amides is 1. The highest BCUT2D eigenvalue weighted by Gasteiger charge is 2.11. The molecule has 5 nitrogen and oxygen atoms in total. The molecule has 2 N–H and O–H groups in total. The van der Waals surface area contributed by atoms with E-state index < -0.39 is 5.91 Å². The first-order valence-electron chi connectivity index (χ1n) is 4.92. The summed E-state index contributed by atoms with van der Waals surface area (Å²) in [7, 11) is 0. The van der Waals surface area contributed by atoms with Gasteiger partial charge in [0, 0.05) is 18.6 Å². The number of hydrogen-bond donors (Lipinski definition) is 1. The highest BCUT2D eigenvalue weighted by molar-refractivity contribution is 5.92. The minimum Gasteiger partial charge on any atom is -0.366 e. The van der Waals surface area contributed by atoms with Crippen LogP contribution >= 0.6 is 0 Å². The summed E-state index contributed by atoms with van der Waals surface area (Å²) >= 11 is 0. The number of primary amides is 1. The Morgan fingerprint density at radius 2 is 2.31 bits per heavy atom. The molecule has 0 fully saturated rings. The minimum atomic E-state index is -0.468. The van der Waals surface area contributed by atoms with Crippen molar-refractivity contribution in [2.75, 3.05) is 0 Å². The maximum Gasteiger partial charge on any atom is 0.251 e. The van der Waals surface area contributed by atoms with Gasteiger partial charge in [-0.2, -0.15) is 5.10 Å². The third kappa shape index (κ3) is 1.93. The van der Waals surface area contributed by atoms with Gasteiger partial charge in [0.2, 0.25) is 0 Å². The second-order valence-corrected chi connectivity index (χ2v) is 3.54. The average Bonchev–Trinajstić information content (AvgIpc) is 2.78. The molecule has 0 aliphatic rings. The van der Waals surface area contributed by atoms with Gasteiger partial charge in [-0.05, 0) is 18.6 Å². The Balaban J connectivity index is 2.27. The summed E-state index contributed by atoms with van der Waals surface area (Å²) in [5.41, 5.74) is 6.60. The largest absolute Gasteiger partial charge is 0.366 e. The zero-order valence-electron chi connectivity index (χ0n) is 8.87. The van der Waals surface area contributed by atoms with E-state index >= 15 is 0 Å². The fraction of sp³-hybridized carbons (Fsp3) is 0.182. The van der Waals surface area contributed by atoms with E-state index in [0.717, 1.165) is 5.56 Å². The van der Waals surface area contributed by atoms with Crippen LogP contribution in [0, 0.1) is 0 Å². The van der Waals surface area contributed by atoms with Crippen LogP contribution in [0.4, 0.5) is 0 Å². The van der Waals surface area contributed by atoms with E-state index in [0.29, 0.717) is 5.56 Å². The van der Waals surface area contributed by atoms with Crippen molar-refractivity contribution in [1.82, 2.24) is 14.8 Å². The van der Waals surface area contributed by atoms with Gasteiger partial charge in [-0.15, -0.1) is 0 Å². The lowest BCUT2D eigenvalue weighted by atomic mass is 10.1. The van der Waals surface area contributed by atoms with Gasteiger partial charge in [-0.3, -0.25) is 14.5 Å². The predicted octanol–water partition coefficient (Wildman–Crippen LogP) is 0.986. The van der Waals surface area contributed by atoms with Gasteiger partial charge in [0.1, 0.15) is 0 Å². The van der Waals surface area contributed by atoms with Gasteiger partial charge in [0.05, 0.1) is 17.8 Å². The number of nitrogens with two attached hydrogens (primary N) is 1. The summed E-state index contributed by atoms with van der Waals surface area (Å²) in [6, 6.07) is 3.86. The maximum atomic E-state index is 10.9. The molecule has 1 atom stereocenters. The molecule has 0 aliphatic heterocycles. The maximum absolute atomic E-state index is 10.9. The van der Waals surface area contributed by atoms with E-state index in [4.69, 9.17) is 5.73 Å². The summed E-state index contributed by atoms with van der Waals surface area (Å²) in [5, 5.41) is 4.10. The second-order valence-electron chi connectivity index (χ2n) is 3.54. The zero-order valence-corrected chi connectivity index (χ0v) is 8.87. The highest BCUT2D eigenvalue weighted by Crippen LogP contribution is 2.15. The predicted molar refractivity (Wildman–Crippen MR) is 58.8 cm³/mol. The van der Waals surface area contributed by atoms with Gasteiger partial charge in [0.15, 0.2) is 0 Å². The highest BCUT2D eigenvalue weighted by atomic mass is 16.1. The fourth-order valence-electron chi connectivity index (χ4n) is 1.45. The molecule has 2 heterocycles. The molecule has 0 saturated carbocycles. The molecule has 2 rings (SSSR count). The van der Waals surface area contributed by atoms with Crippen LogP contribution in [0.15, 0.2) is 36.9 Å². The summed E-state index contributed by atoms with van der Waals surface area (Å²) in [5.74, 6) is -0.468. The lowest BCUT2D eigenvalue weighted by Crippen LogP contribution is -2.10. The van der Waals surface area contributed by atoms with E-state index in [2.05, 4.69) is 10.1 Å². The molecular formula is C11H12N4O. The smallest absolute Gasteiger partial charge is 0.251 e. The van der Waals surface area contributed by atoms with Gasteiger partial charge in [-0.25, -0.2) is 0 Å². The van der Waals surface area contributed by atoms with Crippen molar-refractivity contribution in [1.29, 1.82) is 0 Å². The first kappa shape index (κ1) is 10.4. The number of rotatable bonds is 3. The molecule has 2 aromatic heterocycles. The van der Waals surface area contributed by atoms with Crippen LogP contribution < -0.4 is 5.73 Å². The van der Waals surface area contributed by atoms with Crippen molar-refractivity contribution >= 4 is 5.91 Å². The van der Waals surface area contributed by atoms with Crippen molar-refractivity contribution in [2.45, 2.75) is 13.0 Å². The summed E-state index contributed by atoms with van der Waals surface area (Å²) in [6.07, 6.45) is 6.60. The number of aromatic nitrogens is 3. The minimum absolute atomic E-state index is 0.0294. The topological polar surface area (TPSA) is 73.8 Å². The second kappa shape index (κ2) is 4.14. The van der Waals surface area contributed by atoms with E-state index in [9.17, 15) is 4.79 Å². The molecular weight excluding hydrogens is 204 g/mol. The van der Waals surface area contributed by atoms with E-state index in [-0.39, 0.29) is 6.04 Å². The average molecular weight is 216 g/mol. The lowest BCUT2D eigenvalue weighted by Gasteiger charge is -2.11. The van der Waals surface area contributed by atoms with Crippen LogP contribution in [0.2, 0.25) is 0 Å². The Bertz CT molecular complexity index is 492. The SMILES string of the molecule is CC(c1cccnc1)n1cc(C(N)=O)cn1. The van der Waals surface area contributed by atoms with Gasteiger partial charge in [0.25, 0.3) is 5.91 Å². The molecule has 0 bridgehead atoms. The molecule has 1 amide bonds. The molecule has 5 heteroatoms. The van der Waals surface area contributed by atoms with Gasteiger partial charge >= 0.3 is 0 Å². The third-order valence-electron chi connectivity index (χ3n) is 2.45. The molecule has 82 valence electrons. The quantitative estimate of drug-likeness (QED) is 0.831. The summed E-state index contributed by atoms with van der Waals surface area (Å²) in [6.45, 7) is 1.98. The van der Waals surface area contributed by atoms with Crippen molar-refractivity contribution < 1.29 is 4.79 Å². The monoisotopic (exact) mass is 216 g/mol. The number of nitrogens with zero attached hydrogens (tertiary/aromatic N) is 3. The van der Waals surface area contributed by atoms with Crippen molar-refractivity contribution in [3.05, 3.63) is 48.0 Å². The van der Waals surface area contributed by atoms with Crippen LogP contribution in [0.3, 0.4) is 0 Å². The van der Waals surface area contributed by atoms with Crippen LogP contribution in [-0.2, 0) is 0 Å². The third-order valence-corrected chi connectivity index (χ3v) is 2.45. The molecule has 0 spiro atoms. The Morgan fingerprint density at radius 1 is 1.50 bits per heavy atom. The van der Waals surface area contributed by atoms with E-state index in [1.807, 2.05) is 19.1 Å². The summed E-state index contributed by atoms with van der Waals surface area (Å²) in [4.78, 5) is 15.0. The number of hydrogen-bond acceptors (Lipinski definition) is 3. The first-order chi connectivity index (χ1) is 7.68. The van der Waals surface area contributed by atoms with Gasteiger partial charge in [-0.1, -0.05) is 6.07 Å². The van der Waals surface area contributed by atoms with Crippen molar-refractivity contribution in [3.63, 3.8) is 0 Å². The van der Waals surface area contributed by atoms with Crippen LogP contribution in [0.25, 0.3) is 0 Å². The Morgan fingerprint density at radius 3 is 2.88 bits per heavy atom. The Hall–Kier alpha value is -2.17. The van der Waals surface area contributed by atoms with Crippen molar-refractivity contribution in [3.8, 4) is 0 Å². The molecule has 0 saturated heterocycles. The molecule has 0 aliphatic carbocycles. The zero-order chi connectivity index (χ0) is 11.5.